The lowest BCUT2D eigenvalue weighted by atomic mass is 10.2. The molecule has 0 bridgehead atoms. The molecule has 0 amide bonds. The Morgan fingerprint density at radius 2 is 1.87 bits per heavy atom. The summed E-state index contributed by atoms with van der Waals surface area (Å²) in [5.74, 6) is 0. The number of pyridine rings is 1. The Balaban J connectivity index is 1.79. The third kappa shape index (κ3) is 3.67. The molecule has 0 aliphatic rings. The number of nitrogens with one attached hydrogen (secondary N) is 1. The first-order valence-electron chi connectivity index (χ1n) is 9.60. The lowest BCUT2D eigenvalue weighted by molar-refractivity contribution is -0.384. The number of anilines is 1. The van der Waals surface area contributed by atoms with Gasteiger partial charge < -0.3 is 5.32 Å². The first-order valence-corrected chi connectivity index (χ1v) is 9.60. The highest BCUT2D eigenvalue weighted by atomic mass is 16.6. The standard InChI is InChI=1S/C22H21N5O3/c1-15(2)24-17-10-8-16(9-11-17)14-25-20-7-4-12-23-21(20)26(22(25)28)18-5-3-6-19(13-18)27(29)30/h3-13,15,24H,14H2,1-2H3. The van der Waals surface area contributed by atoms with Crippen LogP contribution in [0, 0.1) is 10.1 Å². The fourth-order valence-corrected chi connectivity index (χ4v) is 3.44. The molecule has 0 atom stereocenters. The predicted octanol–water partition coefficient (Wildman–Crippen LogP) is 3.96. The van der Waals surface area contributed by atoms with E-state index in [9.17, 15) is 14.9 Å². The van der Waals surface area contributed by atoms with Crippen LogP contribution in [0.1, 0.15) is 19.4 Å². The van der Waals surface area contributed by atoms with E-state index in [1.165, 1.54) is 16.7 Å². The van der Waals surface area contributed by atoms with Gasteiger partial charge in [-0.05, 0) is 49.7 Å². The first-order chi connectivity index (χ1) is 14.4. The molecular formula is C22H21N5O3. The van der Waals surface area contributed by atoms with Crippen molar-refractivity contribution < 1.29 is 4.92 Å². The molecule has 0 saturated carbocycles. The Morgan fingerprint density at radius 3 is 2.57 bits per heavy atom. The number of nitro benzene ring substituents is 1. The highest BCUT2D eigenvalue weighted by Gasteiger charge is 2.17. The number of nitrogens with zero attached hydrogens (tertiary/aromatic N) is 4. The maximum absolute atomic E-state index is 13.3. The number of rotatable bonds is 6. The molecule has 2 aromatic heterocycles. The van der Waals surface area contributed by atoms with Gasteiger partial charge in [0.15, 0.2) is 5.65 Å². The second-order valence-electron chi connectivity index (χ2n) is 7.32. The van der Waals surface area contributed by atoms with Gasteiger partial charge in [-0.1, -0.05) is 18.2 Å². The van der Waals surface area contributed by atoms with Crippen molar-refractivity contribution in [1.29, 1.82) is 0 Å². The molecule has 4 aromatic rings. The van der Waals surface area contributed by atoms with Crippen molar-refractivity contribution in [3.8, 4) is 5.69 Å². The van der Waals surface area contributed by atoms with E-state index in [1.807, 2.05) is 30.3 Å². The third-order valence-electron chi connectivity index (χ3n) is 4.74. The fourth-order valence-electron chi connectivity index (χ4n) is 3.44. The van der Waals surface area contributed by atoms with E-state index in [4.69, 9.17) is 0 Å². The van der Waals surface area contributed by atoms with Crippen LogP contribution in [0.3, 0.4) is 0 Å². The number of aromatic nitrogens is 3. The monoisotopic (exact) mass is 403 g/mol. The molecule has 0 unspecified atom stereocenters. The zero-order chi connectivity index (χ0) is 21.3. The Morgan fingerprint density at radius 1 is 1.10 bits per heavy atom. The highest BCUT2D eigenvalue weighted by molar-refractivity contribution is 5.74. The van der Waals surface area contributed by atoms with Gasteiger partial charge in [-0.3, -0.25) is 14.7 Å². The van der Waals surface area contributed by atoms with Gasteiger partial charge in [0, 0.05) is 30.1 Å². The largest absolute Gasteiger partial charge is 0.383 e. The van der Waals surface area contributed by atoms with Crippen LogP contribution < -0.4 is 11.0 Å². The summed E-state index contributed by atoms with van der Waals surface area (Å²) in [5.41, 5.74) is 3.14. The molecule has 2 heterocycles. The third-order valence-corrected chi connectivity index (χ3v) is 4.74. The second-order valence-corrected chi connectivity index (χ2v) is 7.32. The van der Waals surface area contributed by atoms with Gasteiger partial charge in [0.05, 0.1) is 22.7 Å². The summed E-state index contributed by atoms with van der Waals surface area (Å²) >= 11 is 0. The summed E-state index contributed by atoms with van der Waals surface area (Å²) in [6, 6.07) is 17.9. The van der Waals surface area contributed by atoms with Crippen LogP contribution in [-0.2, 0) is 6.54 Å². The van der Waals surface area contributed by atoms with E-state index in [2.05, 4.69) is 24.1 Å². The van der Waals surface area contributed by atoms with Crippen LogP contribution in [0.5, 0.6) is 0 Å². The quantitative estimate of drug-likeness (QED) is 0.388. The molecule has 2 aromatic carbocycles. The van der Waals surface area contributed by atoms with E-state index < -0.39 is 4.92 Å². The summed E-state index contributed by atoms with van der Waals surface area (Å²) in [6.07, 6.45) is 1.60. The molecule has 30 heavy (non-hydrogen) atoms. The number of benzene rings is 2. The normalized spacial score (nSPS) is 11.2. The van der Waals surface area contributed by atoms with E-state index >= 15 is 0 Å². The number of nitro groups is 1. The topological polar surface area (TPSA) is 95.0 Å². The van der Waals surface area contributed by atoms with Gasteiger partial charge in [-0.2, -0.15) is 0 Å². The van der Waals surface area contributed by atoms with Crippen molar-refractivity contribution in [2.24, 2.45) is 0 Å². The van der Waals surface area contributed by atoms with Crippen LogP contribution in [0.2, 0.25) is 0 Å². The van der Waals surface area contributed by atoms with Crippen molar-refractivity contribution in [2.75, 3.05) is 5.32 Å². The van der Waals surface area contributed by atoms with Crippen LogP contribution >= 0.6 is 0 Å². The molecule has 0 saturated heterocycles. The Hall–Kier alpha value is -3.94. The minimum atomic E-state index is -0.478. The lowest BCUT2D eigenvalue weighted by Crippen LogP contribution is -2.23. The van der Waals surface area contributed by atoms with Crippen molar-refractivity contribution in [2.45, 2.75) is 26.4 Å². The molecule has 0 aliphatic heterocycles. The molecule has 4 rings (SSSR count). The molecule has 8 nitrogen and oxygen atoms in total. The Labute approximate surface area is 172 Å². The molecule has 8 heteroatoms. The minimum absolute atomic E-state index is 0.0792. The highest BCUT2D eigenvalue weighted by Crippen LogP contribution is 2.21. The molecule has 0 spiro atoms. The van der Waals surface area contributed by atoms with Gasteiger partial charge in [0.2, 0.25) is 0 Å². The Kier molecular flexibility index (Phi) is 5.05. The van der Waals surface area contributed by atoms with Crippen LogP contribution in [-0.4, -0.2) is 25.1 Å². The van der Waals surface area contributed by atoms with Crippen molar-refractivity contribution in [1.82, 2.24) is 14.1 Å². The molecule has 1 N–H and O–H groups in total. The summed E-state index contributed by atoms with van der Waals surface area (Å²) in [7, 11) is 0. The maximum Gasteiger partial charge on any atom is 0.335 e. The minimum Gasteiger partial charge on any atom is -0.383 e. The predicted molar refractivity (Wildman–Crippen MR) is 116 cm³/mol. The van der Waals surface area contributed by atoms with E-state index in [1.54, 1.807) is 29.0 Å². The molecular weight excluding hydrogens is 382 g/mol. The van der Waals surface area contributed by atoms with Gasteiger partial charge in [0.1, 0.15) is 0 Å². The van der Waals surface area contributed by atoms with Crippen molar-refractivity contribution >= 4 is 22.5 Å². The number of hydrogen-bond acceptors (Lipinski definition) is 5. The number of non-ortho nitro benzene ring substituents is 1. The van der Waals surface area contributed by atoms with Crippen molar-refractivity contribution in [3.05, 3.63) is 93.0 Å². The summed E-state index contributed by atoms with van der Waals surface area (Å²) in [5, 5.41) is 14.5. The van der Waals surface area contributed by atoms with Gasteiger partial charge in [-0.15, -0.1) is 0 Å². The summed E-state index contributed by atoms with van der Waals surface area (Å²) in [6.45, 7) is 4.51. The van der Waals surface area contributed by atoms with Crippen LogP contribution in [0.4, 0.5) is 11.4 Å². The molecule has 0 fully saturated rings. The smallest absolute Gasteiger partial charge is 0.335 e. The number of imidazole rings is 1. The Bertz CT molecular complexity index is 1270. The van der Waals surface area contributed by atoms with E-state index in [0.29, 0.717) is 29.4 Å². The molecule has 0 radical (unpaired) electrons. The zero-order valence-electron chi connectivity index (χ0n) is 16.6. The summed E-state index contributed by atoms with van der Waals surface area (Å²) < 4.78 is 3.04. The van der Waals surface area contributed by atoms with Gasteiger partial charge in [0.25, 0.3) is 5.69 Å². The molecule has 152 valence electrons. The maximum atomic E-state index is 13.3. The average Bonchev–Trinajstić information content (AvgIpc) is 3.01. The van der Waals surface area contributed by atoms with Crippen LogP contribution in [0.15, 0.2) is 71.7 Å². The van der Waals surface area contributed by atoms with Crippen molar-refractivity contribution in [3.63, 3.8) is 0 Å². The first kappa shape index (κ1) is 19.4. The number of fused-ring (bicyclic) bond motifs is 1. The average molecular weight is 403 g/mol. The SMILES string of the molecule is CC(C)Nc1ccc(Cn2c(=O)n(-c3cccc([N+](=O)[O-])c3)c3ncccc32)cc1. The van der Waals surface area contributed by atoms with Crippen LogP contribution in [0.25, 0.3) is 16.9 Å². The van der Waals surface area contributed by atoms with Gasteiger partial charge >= 0.3 is 5.69 Å². The lowest BCUT2D eigenvalue weighted by Gasteiger charge is -2.10. The number of hydrogen-bond donors (Lipinski definition) is 1. The summed E-state index contributed by atoms with van der Waals surface area (Å²) in [4.78, 5) is 28.3. The zero-order valence-corrected chi connectivity index (χ0v) is 16.6. The van der Waals surface area contributed by atoms with E-state index in [0.717, 1.165) is 11.3 Å². The van der Waals surface area contributed by atoms with Gasteiger partial charge in [-0.25, -0.2) is 14.3 Å². The second kappa shape index (κ2) is 7.82. The fraction of sp³-hybridized carbons (Fsp3) is 0.182. The molecule has 0 aliphatic carbocycles. The van der Waals surface area contributed by atoms with E-state index in [-0.39, 0.29) is 11.4 Å².